The van der Waals surface area contributed by atoms with Gasteiger partial charge >= 0.3 is 0 Å². The van der Waals surface area contributed by atoms with Gasteiger partial charge in [0.15, 0.2) is 0 Å². The van der Waals surface area contributed by atoms with Crippen molar-refractivity contribution in [2.24, 2.45) is 0 Å². The van der Waals surface area contributed by atoms with Crippen molar-refractivity contribution in [1.29, 1.82) is 0 Å². The van der Waals surface area contributed by atoms with Gasteiger partial charge in [0.2, 0.25) is 0 Å². The standard InChI is InChI=1S/C14H13ClFN3O/c1-8-3-4-9(16)7-11(8)18-14(20)13-10(15)5-6-12(17-2)19-13/h3-7H,1-2H3,(H,17,19)(H,18,20). The zero-order valence-corrected chi connectivity index (χ0v) is 11.8. The van der Waals surface area contributed by atoms with E-state index in [4.69, 9.17) is 11.6 Å². The number of aryl methyl sites for hydroxylation is 1. The molecule has 0 atom stereocenters. The molecule has 0 saturated heterocycles. The van der Waals surface area contributed by atoms with E-state index in [9.17, 15) is 9.18 Å². The van der Waals surface area contributed by atoms with Crippen LogP contribution in [0.2, 0.25) is 5.02 Å². The Hall–Kier alpha value is -2.14. The van der Waals surface area contributed by atoms with Gasteiger partial charge in [-0.1, -0.05) is 17.7 Å². The number of nitrogens with one attached hydrogen (secondary N) is 2. The summed E-state index contributed by atoms with van der Waals surface area (Å²) in [5.41, 5.74) is 1.23. The van der Waals surface area contributed by atoms with Gasteiger partial charge < -0.3 is 10.6 Å². The molecule has 4 nitrogen and oxygen atoms in total. The monoisotopic (exact) mass is 293 g/mol. The molecule has 0 radical (unpaired) electrons. The van der Waals surface area contributed by atoms with Gasteiger partial charge in [-0.15, -0.1) is 0 Å². The van der Waals surface area contributed by atoms with E-state index in [2.05, 4.69) is 15.6 Å². The minimum atomic E-state index is -0.485. The van der Waals surface area contributed by atoms with Crippen molar-refractivity contribution >= 4 is 29.0 Å². The van der Waals surface area contributed by atoms with Crippen LogP contribution in [0.1, 0.15) is 16.1 Å². The van der Waals surface area contributed by atoms with Crippen LogP contribution in [-0.2, 0) is 0 Å². The molecular formula is C14H13ClFN3O. The van der Waals surface area contributed by atoms with Crippen molar-refractivity contribution < 1.29 is 9.18 Å². The molecule has 104 valence electrons. The van der Waals surface area contributed by atoms with E-state index < -0.39 is 11.7 Å². The van der Waals surface area contributed by atoms with Crippen LogP contribution in [-0.4, -0.2) is 17.9 Å². The van der Waals surface area contributed by atoms with Gasteiger partial charge in [0.1, 0.15) is 17.3 Å². The molecule has 0 aliphatic rings. The summed E-state index contributed by atoms with van der Waals surface area (Å²) in [6.07, 6.45) is 0. The maximum absolute atomic E-state index is 13.2. The third kappa shape index (κ3) is 3.05. The van der Waals surface area contributed by atoms with Crippen LogP contribution in [0.5, 0.6) is 0 Å². The molecule has 0 fully saturated rings. The van der Waals surface area contributed by atoms with Gasteiger partial charge in [-0.25, -0.2) is 9.37 Å². The summed E-state index contributed by atoms with van der Waals surface area (Å²) in [6, 6.07) is 7.41. The molecule has 2 rings (SSSR count). The Balaban J connectivity index is 2.30. The highest BCUT2D eigenvalue weighted by molar-refractivity contribution is 6.34. The number of rotatable bonds is 3. The summed E-state index contributed by atoms with van der Waals surface area (Å²) in [7, 11) is 1.69. The zero-order chi connectivity index (χ0) is 14.7. The first-order valence-corrected chi connectivity index (χ1v) is 6.31. The van der Waals surface area contributed by atoms with E-state index in [-0.39, 0.29) is 10.7 Å². The quantitative estimate of drug-likeness (QED) is 0.911. The molecule has 0 aliphatic carbocycles. The highest BCUT2D eigenvalue weighted by Gasteiger charge is 2.14. The number of hydrogen-bond donors (Lipinski definition) is 2. The van der Waals surface area contributed by atoms with E-state index >= 15 is 0 Å². The molecule has 0 bridgehead atoms. The number of pyridine rings is 1. The Labute approximate surface area is 121 Å². The minimum absolute atomic E-state index is 0.0853. The smallest absolute Gasteiger partial charge is 0.275 e. The average Bonchev–Trinajstić information content (AvgIpc) is 2.43. The fourth-order valence-corrected chi connectivity index (χ4v) is 1.84. The van der Waals surface area contributed by atoms with Crippen molar-refractivity contribution in [2.75, 3.05) is 17.7 Å². The van der Waals surface area contributed by atoms with E-state index in [1.54, 1.807) is 32.2 Å². The Morgan fingerprint density at radius 3 is 2.75 bits per heavy atom. The number of halogens is 2. The normalized spacial score (nSPS) is 10.2. The van der Waals surface area contributed by atoms with Crippen molar-refractivity contribution in [2.45, 2.75) is 6.92 Å². The van der Waals surface area contributed by atoms with Crippen LogP contribution in [0, 0.1) is 12.7 Å². The number of nitrogens with zero attached hydrogens (tertiary/aromatic N) is 1. The molecule has 1 aromatic carbocycles. The van der Waals surface area contributed by atoms with Crippen molar-refractivity contribution in [1.82, 2.24) is 4.98 Å². The van der Waals surface area contributed by atoms with Crippen molar-refractivity contribution in [3.8, 4) is 0 Å². The predicted octanol–water partition coefficient (Wildman–Crippen LogP) is 3.48. The highest BCUT2D eigenvalue weighted by atomic mass is 35.5. The predicted molar refractivity (Wildman–Crippen MR) is 77.9 cm³/mol. The number of carbonyl (C=O) groups excluding carboxylic acids is 1. The summed E-state index contributed by atoms with van der Waals surface area (Å²) in [5.74, 6) is -0.384. The van der Waals surface area contributed by atoms with E-state index in [0.29, 0.717) is 11.5 Å². The van der Waals surface area contributed by atoms with E-state index in [0.717, 1.165) is 5.56 Å². The first-order chi connectivity index (χ1) is 9.51. The molecule has 0 spiro atoms. The largest absolute Gasteiger partial charge is 0.373 e. The van der Waals surface area contributed by atoms with Crippen LogP contribution in [0.25, 0.3) is 0 Å². The maximum Gasteiger partial charge on any atom is 0.275 e. The first-order valence-electron chi connectivity index (χ1n) is 5.93. The van der Waals surface area contributed by atoms with Crippen LogP contribution in [0.4, 0.5) is 15.9 Å². The molecule has 1 heterocycles. The molecule has 0 aliphatic heterocycles. The molecular weight excluding hydrogens is 281 g/mol. The number of carbonyl (C=O) groups is 1. The number of anilines is 2. The second kappa shape index (κ2) is 5.88. The lowest BCUT2D eigenvalue weighted by Crippen LogP contribution is -2.16. The number of benzene rings is 1. The third-order valence-electron chi connectivity index (χ3n) is 2.77. The van der Waals surface area contributed by atoms with Gasteiger partial charge in [0.05, 0.1) is 5.02 Å². The number of aromatic nitrogens is 1. The third-order valence-corrected chi connectivity index (χ3v) is 3.07. The lowest BCUT2D eigenvalue weighted by atomic mass is 10.2. The van der Waals surface area contributed by atoms with Crippen LogP contribution in [0.3, 0.4) is 0 Å². The first kappa shape index (κ1) is 14.3. The molecule has 20 heavy (non-hydrogen) atoms. The fraction of sp³-hybridized carbons (Fsp3) is 0.143. The SMILES string of the molecule is CNc1ccc(Cl)c(C(=O)Nc2cc(F)ccc2C)n1. The zero-order valence-electron chi connectivity index (χ0n) is 11.0. The molecule has 2 N–H and O–H groups in total. The van der Waals surface area contributed by atoms with E-state index in [1.165, 1.54) is 12.1 Å². The molecule has 0 unspecified atom stereocenters. The molecule has 6 heteroatoms. The van der Waals surface area contributed by atoms with Crippen LogP contribution < -0.4 is 10.6 Å². The minimum Gasteiger partial charge on any atom is -0.373 e. The van der Waals surface area contributed by atoms with Gasteiger partial charge in [-0.2, -0.15) is 0 Å². The van der Waals surface area contributed by atoms with Crippen molar-refractivity contribution in [3.05, 3.63) is 52.4 Å². The van der Waals surface area contributed by atoms with Crippen LogP contribution in [0.15, 0.2) is 30.3 Å². The lowest BCUT2D eigenvalue weighted by Gasteiger charge is -2.10. The summed E-state index contributed by atoms with van der Waals surface area (Å²) >= 11 is 5.96. The maximum atomic E-state index is 13.2. The molecule has 1 amide bonds. The summed E-state index contributed by atoms with van der Waals surface area (Å²) in [4.78, 5) is 16.2. The van der Waals surface area contributed by atoms with Crippen LogP contribution >= 0.6 is 11.6 Å². The topological polar surface area (TPSA) is 54.0 Å². The molecule has 0 saturated carbocycles. The summed E-state index contributed by atoms with van der Waals surface area (Å²) in [6.45, 7) is 1.77. The number of hydrogen-bond acceptors (Lipinski definition) is 3. The number of amides is 1. The van der Waals surface area contributed by atoms with Gasteiger partial charge in [-0.05, 0) is 36.8 Å². The Kier molecular flexibility index (Phi) is 4.20. The van der Waals surface area contributed by atoms with Gasteiger partial charge in [-0.3, -0.25) is 4.79 Å². The second-order valence-corrected chi connectivity index (χ2v) is 4.60. The summed E-state index contributed by atoms with van der Waals surface area (Å²) < 4.78 is 13.2. The highest BCUT2D eigenvalue weighted by Crippen LogP contribution is 2.20. The molecule has 1 aromatic heterocycles. The van der Waals surface area contributed by atoms with Gasteiger partial charge in [0, 0.05) is 12.7 Å². The molecule has 2 aromatic rings. The Bertz CT molecular complexity index is 661. The van der Waals surface area contributed by atoms with Gasteiger partial charge in [0.25, 0.3) is 5.91 Å². The average molecular weight is 294 g/mol. The summed E-state index contributed by atoms with van der Waals surface area (Å²) in [5, 5.41) is 5.66. The lowest BCUT2D eigenvalue weighted by molar-refractivity contribution is 0.102. The Morgan fingerprint density at radius 2 is 2.05 bits per heavy atom. The fourth-order valence-electron chi connectivity index (χ4n) is 1.65. The second-order valence-electron chi connectivity index (χ2n) is 4.19. The van der Waals surface area contributed by atoms with E-state index in [1.807, 2.05) is 0 Å². The van der Waals surface area contributed by atoms with Crippen molar-refractivity contribution in [3.63, 3.8) is 0 Å². The Morgan fingerprint density at radius 1 is 1.30 bits per heavy atom.